The summed E-state index contributed by atoms with van der Waals surface area (Å²) in [7, 11) is 2.85. The third-order valence-corrected chi connectivity index (χ3v) is 6.32. The molecule has 0 radical (unpaired) electrons. The molecule has 0 amide bonds. The highest BCUT2D eigenvalue weighted by Crippen LogP contribution is 2.34. The van der Waals surface area contributed by atoms with E-state index in [-0.39, 0.29) is 18.1 Å². The summed E-state index contributed by atoms with van der Waals surface area (Å²) in [6.45, 7) is -0.862. The Labute approximate surface area is 220 Å². The van der Waals surface area contributed by atoms with Gasteiger partial charge in [0.15, 0.2) is 35.4 Å². The SMILES string of the molecule is COc1cc(C(O)C(CO)Oc2ccc(CCCOC3O[C@H](CO)[C@@H](O)[C@H](O)[C@H]3O)cc2OC)ccc1O. The van der Waals surface area contributed by atoms with E-state index >= 15 is 0 Å². The van der Waals surface area contributed by atoms with E-state index in [4.69, 9.17) is 23.7 Å². The lowest BCUT2D eigenvalue weighted by Crippen LogP contribution is -2.59. The second-order valence-corrected chi connectivity index (χ2v) is 8.87. The predicted octanol–water partition coefficient (Wildman–Crippen LogP) is -0.368. The van der Waals surface area contributed by atoms with E-state index in [1.54, 1.807) is 18.2 Å². The summed E-state index contributed by atoms with van der Waals surface area (Å²) in [6.07, 6.45) is -7.82. The highest BCUT2D eigenvalue weighted by molar-refractivity contribution is 5.44. The van der Waals surface area contributed by atoms with E-state index in [0.717, 1.165) is 5.56 Å². The molecule has 2 aromatic carbocycles. The van der Waals surface area contributed by atoms with Crippen LogP contribution in [0.1, 0.15) is 23.7 Å². The number of methoxy groups -OCH3 is 2. The zero-order valence-electron chi connectivity index (χ0n) is 21.2. The molecule has 3 unspecified atom stereocenters. The number of aryl methyl sites for hydroxylation is 1. The molecule has 0 bridgehead atoms. The molecule has 0 saturated carbocycles. The van der Waals surface area contributed by atoms with Crippen LogP contribution in [0.15, 0.2) is 36.4 Å². The third kappa shape index (κ3) is 7.04. The maximum atomic E-state index is 10.8. The molecule has 1 aliphatic rings. The van der Waals surface area contributed by atoms with Crippen LogP contribution < -0.4 is 14.2 Å². The zero-order valence-corrected chi connectivity index (χ0v) is 21.2. The molecule has 0 aliphatic carbocycles. The van der Waals surface area contributed by atoms with Crippen molar-refractivity contribution in [1.29, 1.82) is 0 Å². The van der Waals surface area contributed by atoms with Crippen molar-refractivity contribution < 1.29 is 59.4 Å². The van der Waals surface area contributed by atoms with Gasteiger partial charge < -0.3 is 59.4 Å². The smallest absolute Gasteiger partial charge is 0.186 e. The van der Waals surface area contributed by atoms with Gasteiger partial charge >= 0.3 is 0 Å². The highest BCUT2D eigenvalue weighted by atomic mass is 16.7. The van der Waals surface area contributed by atoms with E-state index in [0.29, 0.717) is 29.9 Å². The van der Waals surface area contributed by atoms with E-state index in [9.17, 15) is 35.7 Å². The quantitative estimate of drug-likeness (QED) is 0.164. The van der Waals surface area contributed by atoms with Crippen molar-refractivity contribution in [2.45, 2.75) is 55.8 Å². The van der Waals surface area contributed by atoms with E-state index in [1.807, 2.05) is 0 Å². The number of hydrogen-bond acceptors (Lipinski definition) is 12. The molecule has 3 rings (SSSR count). The van der Waals surface area contributed by atoms with E-state index in [1.165, 1.54) is 32.4 Å². The van der Waals surface area contributed by atoms with Gasteiger partial charge in [0.1, 0.15) is 30.5 Å². The normalized spacial score (nSPS) is 25.0. The van der Waals surface area contributed by atoms with Crippen LogP contribution in [-0.4, -0.2) is 107 Å². The summed E-state index contributed by atoms with van der Waals surface area (Å²) in [5, 5.41) is 69.4. The minimum absolute atomic E-state index is 0.0826. The van der Waals surface area contributed by atoms with Crippen molar-refractivity contribution in [2.24, 2.45) is 0 Å². The minimum Gasteiger partial charge on any atom is -0.504 e. The van der Waals surface area contributed by atoms with Gasteiger partial charge in [-0.25, -0.2) is 0 Å². The second-order valence-electron chi connectivity index (χ2n) is 8.87. The fraction of sp³-hybridized carbons (Fsp3) is 0.538. The second kappa shape index (κ2) is 13.9. The summed E-state index contributed by atoms with van der Waals surface area (Å²) in [5.74, 6) is 0.778. The zero-order chi connectivity index (χ0) is 27.8. The number of aromatic hydroxyl groups is 1. The lowest BCUT2D eigenvalue weighted by atomic mass is 9.99. The Morgan fingerprint density at radius 2 is 1.63 bits per heavy atom. The molecular weight excluding hydrogens is 504 g/mol. The molecule has 212 valence electrons. The fourth-order valence-corrected chi connectivity index (χ4v) is 4.10. The number of ether oxygens (including phenoxy) is 5. The summed E-state index contributed by atoms with van der Waals surface area (Å²) in [5.41, 5.74) is 1.25. The summed E-state index contributed by atoms with van der Waals surface area (Å²) in [4.78, 5) is 0. The molecule has 1 aliphatic heterocycles. The minimum atomic E-state index is -1.50. The van der Waals surface area contributed by atoms with Gasteiger partial charge in [-0.2, -0.15) is 0 Å². The van der Waals surface area contributed by atoms with Crippen LogP contribution >= 0.6 is 0 Å². The van der Waals surface area contributed by atoms with Crippen molar-refractivity contribution in [2.75, 3.05) is 34.0 Å². The number of phenolic OH excluding ortho intramolecular Hbond substituents is 1. The van der Waals surface area contributed by atoms with Crippen LogP contribution in [0.25, 0.3) is 0 Å². The molecular formula is C26H36O12. The first-order chi connectivity index (χ1) is 18.2. The third-order valence-electron chi connectivity index (χ3n) is 6.32. The van der Waals surface area contributed by atoms with E-state index in [2.05, 4.69) is 0 Å². The van der Waals surface area contributed by atoms with Crippen LogP contribution in [0.5, 0.6) is 23.0 Å². The van der Waals surface area contributed by atoms with Gasteiger partial charge in [0.2, 0.25) is 0 Å². The summed E-state index contributed by atoms with van der Waals surface area (Å²) in [6, 6.07) is 9.52. The Hall–Kier alpha value is -2.68. The molecule has 12 nitrogen and oxygen atoms in total. The van der Waals surface area contributed by atoms with Crippen molar-refractivity contribution in [3.05, 3.63) is 47.5 Å². The van der Waals surface area contributed by atoms with Crippen LogP contribution in [0, 0.1) is 0 Å². The maximum Gasteiger partial charge on any atom is 0.186 e. The number of phenols is 1. The number of benzene rings is 2. The Morgan fingerprint density at radius 3 is 2.29 bits per heavy atom. The average Bonchev–Trinajstić information content (AvgIpc) is 2.94. The van der Waals surface area contributed by atoms with Gasteiger partial charge in [0, 0.05) is 0 Å². The lowest BCUT2D eigenvalue weighted by Gasteiger charge is -2.39. The number of aliphatic hydroxyl groups is 6. The maximum absolute atomic E-state index is 10.8. The Bertz CT molecular complexity index is 1020. The molecule has 38 heavy (non-hydrogen) atoms. The first-order valence-electron chi connectivity index (χ1n) is 12.2. The van der Waals surface area contributed by atoms with Crippen LogP contribution in [0.3, 0.4) is 0 Å². The molecule has 12 heteroatoms. The summed E-state index contributed by atoms with van der Waals surface area (Å²) >= 11 is 0. The molecule has 7 atom stereocenters. The van der Waals surface area contributed by atoms with Crippen molar-refractivity contribution in [3.8, 4) is 23.0 Å². The van der Waals surface area contributed by atoms with Gasteiger partial charge in [-0.3, -0.25) is 0 Å². The molecule has 0 aromatic heterocycles. The molecule has 0 spiro atoms. The molecule has 2 aromatic rings. The monoisotopic (exact) mass is 540 g/mol. The largest absolute Gasteiger partial charge is 0.504 e. The first-order valence-corrected chi connectivity index (χ1v) is 12.2. The highest BCUT2D eigenvalue weighted by Gasteiger charge is 2.43. The lowest BCUT2D eigenvalue weighted by molar-refractivity contribution is -0.301. The Kier molecular flexibility index (Phi) is 10.9. The van der Waals surface area contributed by atoms with Crippen molar-refractivity contribution in [3.63, 3.8) is 0 Å². The molecule has 7 N–H and O–H groups in total. The Morgan fingerprint density at radius 1 is 0.895 bits per heavy atom. The van der Waals surface area contributed by atoms with Gasteiger partial charge in [-0.15, -0.1) is 0 Å². The van der Waals surface area contributed by atoms with Gasteiger partial charge in [0.25, 0.3) is 0 Å². The standard InChI is InChI=1S/C26H36O12/c1-34-18-11-15(6-7-16(18)29)22(30)20(12-27)37-17-8-5-14(10-19(17)35-2)4-3-9-36-26-25(33)24(32)23(31)21(13-28)38-26/h5-8,10-11,20-33H,3-4,9,12-13H2,1-2H3/t20?,21-,22?,23-,24+,25-,26?/m1/s1. The van der Waals surface area contributed by atoms with Crippen LogP contribution in [0.4, 0.5) is 0 Å². The Balaban J connectivity index is 1.58. The van der Waals surface area contributed by atoms with E-state index < -0.39 is 56.1 Å². The number of rotatable bonds is 13. The van der Waals surface area contributed by atoms with Crippen LogP contribution in [0.2, 0.25) is 0 Å². The van der Waals surface area contributed by atoms with Gasteiger partial charge in [0.05, 0.1) is 34.0 Å². The van der Waals surface area contributed by atoms with Gasteiger partial charge in [-0.05, 0) is 48.2 Å². The number of hydrogen-bond donors (Lipinski definition) is 7. The van der Waals surface area contributed by atoms with Gasteiger partial charge in [-0.1, -0.05) is 12.1 Å². The van der Waals surface area contributed by atoms with Crippen molar-refractivity contribution in [1.82, 2.24) is 0 Å². The molecule has 1 saturated heterocycles. The van der Waals surface area contributed by atoms with Crippen LogP contribution in [-0.2, 0) is 15.9 Å². The first kappa shape index (κ1) is 29.9. The molecule has 1 fully saturated rings. The average molecular weight is 541 g/mol. The predicted molar refractivity (Wildman–Crippen MR) is 132 cm³/mol. The topological polar surface area (TPSA) is 188 Å². The number of aliphatic hydroxyl groups excluding tert-OH is 6. The summed E-state index contributed by atoms with van der Waals surface area (Å²) < 4.78 is 27.2. The fourth-order valence-electron chi connectivity index (χ4n) is 4.10. The van der Waals surface area contributed by atoms with Crippen molar-refractivity contribution >= 4 is 0 Å². The molecule has 1 heterocycles.